The molecular weight excluding hydrogens is 362 g/mol. The summed E-state index contributed by atoms with van der Waals surface area (Å²) in [7, 11) is 1.78. The minimum absolute atomic E-state index is 0.000670. The summed E-state index contributed by atoms with van der Waals surface area (Å²) in [6.07, 6.45) is 7.14. The Labute approximate surface area is 159 Å². The van der Waals surface area contributed by atoms with Crippen LogP contribution in [0.1, 0.15) is 5.56 Å². The maximum Gasteiger partial charge on any atom is 0.253 e. The normalized spacial score (nSPS) is 11.0. The SMILES string of the molecule is CN(Cc1cnn(-c2ccccc2)c1)C(=O)CSc1nc2ncccn2n1. The van der Waals surface area contributed by atoms with Crippen LogP contribution in [0.5, 0.6) is 0 Å². The number of rotatable bonds is 6. The molecule has 0 radical (unpaired) electrons. The molecule has 0 atom stereocenters. The maximum atomic E-state index is 12.4. The van der Waals surface area contributed by atoms with E-state index in [0.717, 1.165) is 11.3 Å². The second kappa shape index (κ2) is 7.58. The molecule has 8 nitrogen and oxygen atoms in total. The molecule has 0 aliphatic carbocycles. The van der Waals surface area contributed by atoms with Gasteiger partial charge in [0.05, 0.1) is 17.6 Å². The number of aromatic nitrogens is 6. The average Bonchev–Trinajstić information content (AvgIpc) is 3.33. The van der Waals surface area contributed by atoms with Gasteiger partial charge in [-0.25, -0.2) is 14.2 Å². The zero-order valence-corrected chi connectivity index (χ0v) is 15.5. The minimum atomic E-state index is -0.000670. The first kappa shape index (κ1) is 17.2. The fraction of sp³-hybridized carbons (Fsp3) is 0.167. The molecule has 0 N–H and O–H groups in total. The van der Waals surface area contributed by atoms with Gasteiger partial charge in [0.1, 0.15) is 0 Å². The molecule has 0 spiro atoms. The predicted molar refractivity (Wildman–Crippen MR) is 102 cm³/mol. The van der Waals surface area contributed by atoms with Crippen molar-refractivity contribution in [3.8, 4) is 5.69 Å². The van der Waals surface area contributed by atoms with Crippen molar-refractivity contribution in [1.82, 2.24) is 34.3 Å². The van der Waals surface area contributed by atoms with Gasteiger partial charge in [-0.2, -0.15) is 10.1 Å². The first-order valence-electron chi connectivity index (χ1n) is 8.32. The first-order valence-corrected chi connectivity index (χ1v) is 9.31. The standard InChI is InChI=1S/C18H17N7OS/c1-23(11-14-10-20-25(12-14)15-6-3-2-4-7-15)16(26)13-27-18-21-17-19-8-5-9-24(17)22-18/h2-10,12H,11,13H2,1H3. The average molecular weight is 379 g/mol. The molecule has 27 heavy (non-hydrogen) atoms. The monoisotopic (exact) mass is 379 g/mol. The Morgan fingerprint density at radius 2 is 2.07 bits per heavy atom. The van der Waals surface area contributed by atoms with E-state index in [-0.39, 0.29) is 11.7 Å². The van der Waals surface area contributed by atoms with Crippen LogP contribution in [-0.4, -0.2) is 53.0 Å². The van der Waals surface area contributed by atoms with Crippen molar-refractivity contribution in [1.29, 1.82) is 0 Å². The second-order valence-corrected chi connectivity index (χ2v) is 6.87. The Hall–Kier alpha value is -3.20. The molecule has 0 aliphatic heterocycles. The highest BCUT2D eigenvalue weighted by Crippen LogP contribution is 2.15. The third kappa shape index (κ3) is 3.98. The number of nitrogens with zero attached hydrogens (tertiary/aromatic N) is 7. The van der Waals surface area contributed by atoms with Gasteiger partial charge in [-0.15, -0.1) is 5.10 Å². The summed E-state index contributed by atoms with van der Waals surface area (Å²) in [6, 6.07) is 11.6. The molecule has 0 aliphatic rings. The molecule has 4 rings (SSSR count). The molecule has 3 heterocycles. The summed E-state index contributed by atoms with van der Waals surface area (Å²) in [6.45, 7) is 0.492. The van der Waals surface area contributed by atoms with Crippen LogP contribution in [0.2, 0.25) is 0 Å². The van der Waals surface area contributed by atoms with Crippen molar-refractivity contribution >= 4 is 23.4 Å². The lowest BCUT2D eigenvalue weighted by atomic mass is 10.3. The summed E-state index contributed by atoms with van der Waals surface area (Å²) in [5.41, 5.74) is 1.95. The van der Waals surface area contributed by atoms with E-state index in [9.17, 15) is 4.79 Å². The Balaban J connectivity index is 1.34. The van der Waals surface area contributed by atoms with Crippen molar-refractivity contribution in [3.63, 3.8) is 0 Å². The number of carbonyl (C=O) groups is 1. The summed E-state index contributed by atoms with van der Waals surface area (Å²) < 4.78 is 3.39. The van der Waals surface area contributed by atoms with Crippen LogP contribution < -0.4 is 0 Å². The van der Waals surface area contributed by atoms with Gasteiger partial charge >= 0.3 is 0 Å². The molecule has 0 bridgehead atoms. The van der Waals surface area contributed by atoms with Gasteiger partial charge in [-0.3, -0.25) is 4.79 Å². The molecule has 136 valence electrons. The highest BCUT2D eigenvalue weighted by molar-refractivity contribution is 7.99. The molecule has 9 heteroatoms. The van der Waals surface area contributed by atoms with Crippen molar-refractivity contribution in [3.05, 3.63) is 66.7 Å². The minimum Gasteiger partial charge on any atom is -0.341 e. The van der Waals surface area contributed by atoms with Gasteiger partial charge in [0, 0.05) is 37.7 Å². The van der Waals surface area contributed by atoms with E-state index in [1.807, 2.05) is 36.5 Å². The Morgan fingerprint density at radius 1 is 1.22 bits per heavy atom. The fourth-order valence-electron chi connectivity index (χ4n) is 2.54. The van der Waals surface area contributed by atoms with Gasteiger partial charge in [0.2, 0.25) is 11.1 Å². The highest BCUT2D eigenvalue weighted by atomic mass is 32.2. The molecule has 0 unspecified atom stereocenters. The number of hydrogen-bond acceptors (Lipinski definition) is 6. The predicted octanol–water partition coefficient (Wildman–Crippen LogP) is 2.06. The molecule has 0 saturated carbocycles. The van der Waals surface area contributed by atoms with Gasteiger partial charge in [-0.1, -0.05) is 30.0 Å². The Bertz CT molecular complexity index is 1030. The van der Waals surface area contributed by atoms with Crippen LogP contribution >= 0.6 is 11.8 Å². The first-order chi connectivity index (χ1) is 13.2. The highest BCUT2D eigenvalue weighted by Gasteiger charge is 2.13. The fourth-order valence-corrected chi connectivity index (χ4v) is 3.30. The third-order valence-corrected chi connectivity index (χ3v) is 4.75. The molecule has 1 amide bonds. The van der Waals surface area contributed by atoms with Crippen molar-refractivity contribution in [2.75, 3.05) is 12.8 Å². The van der Waals surface area contributed by atoms with E-state index in [1.165, 1.54) is 11.8 Å². The van der Waals surface area contributed by atoms with Gasteiger partial charge < -0.3 is 4.90 Å². The number of benzene rings is 1. The Kier molecular flexibility index (Phi) is 4.84. The van der Waals surface area contributed by atoms with E-state index in [2.05, 4.69) is 20.2 Å². The van der Waals surface area contributed by atoms with Crippen molar-refractivity contribution < 1.29 is 4.79 Å². The van der Waals surface area contributed by atoms with Crippen LogP contribution in [-0.2, 0) is 11.3 Å². The summed E-state index contributed by atoms with van der Waals surface area (Å²) in [5, 5.41) is 9.18. The second-order valence-electron chi connectivity index (χ2n) is 5.93. The van der Waals surface area contributed by atoms with E-state index in [4.69, 9.17) is 0 Å². The number of hydrogen-bond donors (Lipinski definition) is 0. The lowest BCUT2D eigenvalue weighted by Crippen LogP contribution is -2.27. The summed E-state index contributed by atoms with van der Waals surface area (Å²) >= 11 is 1.30. The number of fused-ring (bicyclic) bond motifs is 1. The number of carbonyl (C=O) groups excluding carboxylic acids is 1. The van der Waals surface area contributed by atoms with E-state index >= 15 is 0 Å². The number of thioether (sulfide) groups is 1. The molecule has 4 aromatic rings. The quantitative estimate of drug-likeness (QED) is 0.477. The van der Waals surface area contributed by atoms with Gasteiger partial charge in [0.25, 0.3) is 5.78 Å². The molecule has 3 aromatic heterocycles. The van der Waals surface area contributed by atoms with Crippen molar-refractivity contribution in [2.24, 2.45) is 0 Å². The largest absolute Gasteiger partial charge is 0.341 e. The Morgan fingerprint density at radius 3 is 2.89 bits per heavy atom. The van der Waals surface area contributed by atoms with E-state index < -0.39 is 0 Å². The zero-order valence-electron chi connectivity index (χ0n) is 14.6. The number of para-hydroxylation sites is 1. The molecule has 1 aromatic carbocycles. The van der Waals surface area contributed by atoms with E-state index in [0.29, 0.717) is 17.5 Å². The molecule has 0 saturated heterocycles. The van der Waals surface area contributed by atoms with Gasteiger partial charge in [-0.05, 0) is 18.2 Å². The molecular formula is C18H17N7OS. The maximum absolute atomic E-state index is 12.4. The van der Waals surface area contributed by atoms with Crippen LogP contribution in [0, 0.1) is 0 Å². The lowest BCUT2D eigenvalue weighted by molar-refractivity contribution is -0.127. The smallest absolute Gasteiger partial charge is 0.253 e. The van der Waals surface area contributed by atoms with Crippen LogP contribution in [0.15, 0.2) is 66.3 Å². The topological polar surface area (TPSA) is 81.2 Å². The third-order valence-electron chi connectivity index (χ3n) is 3.92. The zero-order chi connectivity index (χ0) is 18.6. The number of amides is 1. The lowest BCUT2D eigenvalue weighted by Gasteiger charge is -2.15. The van der Waals surface area contributed by atoms with Crippen molar-refractivity contribution in [2.45, 2.75) is 11.7 Å². The summed E-state index contributed by atoms with van der Waals surface area (Å²) in [5.74, 6) is 0.786. The molecule has 0 fully saturated rings. The van der Waals surface area contributed by atoms with Crippen LogP contribution in [0.3, 0.4) is 0 Å². The van der Waals surface area contributed by atoms with Crippen LogP contribution in [0.4, 0.5) is 0 Å². The van der Waals surface area contributed by atoms with Gasteiger partial charge in [0.15, 0.2) is 0 Å². The van der Waals surface area contributed by atoms with Crippen LogP contribution in [0.25, 0.3) is 11.5 Å². The summed E-state index contributed by atoms with van der Waals surface area (Å²) in [4.78, 5) is 22.5. The van der Waals surface area contributed by atoms with E-state index in [1.54, 1.807) is 45.8 Å².